The zero-order valence-corrected chi connectivity index (χ0v) is 12.0. The van der Waals surface area contributed by atoms with E-state index in [4.69, 9.17) is 15.9 Å². The minimum absolute atomic E-state index is 0.115. The molecule has 0 amide bonds. The van der Waals surface area contributed by atoms with Gasteiger partial charge in [-0.25, -0.2) is 9.37 Å². The molecule has 20 heavy (non-hydrogen) atoms. The molecule has 0 atom stereocenters. The molecule has 0 saturated heterocycles. The summed E-state index contributed by atoms with van der Waals surface area (Å²) in [6.45, 7) is 2.64. The van der Waals surface area contributed by atoms with Gasteiger partial charge in [0.1, 0.15) is 11.7 Å². The Hall–Kier alpha value is -1.79. The fourth-order valence-electron chi connectivity index (χ4n) is 1.81. The van der Waals surface area contributed by atoms with E-state index in [1.165, 1.54) is 10.9 Å². The number of rotatable bonds is 6. The summed E-state index contributed by atoms with van der Waals surface area (Å²) in [6.07, 6.45) is 0.768. The van der Waals surface area contributed by atoms with Crippen LogP contribution in [-0.4, -0.2) is 17.4 Å². The number of hydrogen-bond acceptors (Lipinski definition) is 4. The number of benzene rings is 1. The van der Waals surface area contributed by atoms with E-state index in [1.54, 1.807) is 29.0 Å². The molecule has 0 unspecified atom stereocenters. The van der Waals surface area contributed by atoms with E-state index in [9.17, 15) is 4.39 Å². The van der Waals surface area contributed by atoms with Gasteiger partial charge in [-0.1, -0.05) is 12.1 Å². The zero-order valence-electron chi connectivity index (χ0n) is 11.1. The molecule has 3 N–H and O–H groups in total. The minimum Gasteiger partial charge on any atom is -0.384 e. The second-order valence-electron chi connectivity index (χ2n) is 4.36. The number of thiazole rings is 1. The summed E-state index contributed by atoms with van der Waals surface area (Å²) in [5.41, 5.74) is 8.67. The second-order valence-corrected chi connectivity index (χ2v) is 5.30. The van der Waals surface area contributed by atoms with Gasteiger partial charge in [0.15, 0.2) is 0 Å². The molecule has 0 aliphatic carbocycles. The van der Waals surface area contributed by atoms with Crippen LogP contribution in [0.1, 0.15) is 21.7 Å². The van der Waals surface area contributed by atoms with E-state index in [2.05, 4.69) is 4.98 Å². The largest absolute Gasteiger partial charge is 0.384 e. The maximum Gasteiger partial charge on any atom is 0.139 e. The fourth-order valence-corrected chi connectivity index (χ4v) is 2.57. The molecule has 0 saturated carbocycles. The van der Waals surface area contributed by atoms with Crippen LogP contribution in [-0.2, 0) is 17.8 Å². The van der Waals surface area contributed by atoms with Crippen LogP contribution < -0.4 is 5.73 Å². The van der Waals surface area contributed by atoms with Crippen LogP contribution in [0.3, 0.4) is 0 Å². The van der Waals surface area contributed by atoms with Gasteiger partial charge in [-0.05, 0) is 13.0 Å². The third kappa shape index (κ3) is 3.40. The highest BCUT2D eigenvalue weighted by molar-refractivity contribution is 7.09. The van der Waals surface area contributed by atoms with E-state index in [-0.39, 0.29) is 18.0 Å². The van der Waals surface area contributed by atoms with Crippen molar-refractivity contribution in [2.45, 2.75) is 20.0 Å². The number of nitrogens with two attached hydrogens (primary N) is 1. The third-order valence-electron chi connectivity index (χ3n) is 2.94. The number of amidine groups is 1. The fraction of sp³-hybridized carbons (Fsp3) is 0.286. The maximum absolute atomic E-state index is 14.0. The second kappa shape index (κ2) is 6.58. The third-order valence-corrected chi connectivity index (χ3v) is 3.94. The van der Waals surface area contributed by atoms with E-state index in [1.807, 2.05) is 6.92 Å². The molecule has 0 spiro atoms. The monoisotopic (exact) mass is 293 g/mol. The molecule has 4 nitrogen and oxygen atoms in total. The first-order chi connectivity index (χ1) is 9.59. The first kappa shape index (κ1) is 14.6. The summed E-state index contributed by atoms with van der Waals surface area (Å²) >= 11 is 1.60. The Labute approximate surface area is 120 Å². The molecule has 1 aromatic carbocycles. The molecule has 0 radical (unpaired) electrons. The summed E-state index contributed by atoms with van der Waals surface area (Å²) in [5.74, 6) is -0.751. The lowest BCUT2D eigenvalue weighted by Gasteiger charge is -2.08. The molecular weight excluding hydrogens is 277 g/mol. The topological polar surface area (TPSA) is 72.0 Å². The Morgan fingerprint density at radius 3 is 2.95 bits per heavy atom. The summed E-state index contributed by atoms with van der Waals surface area (Å²) in [7, 11) is 0. The lowest BCUT2D eigenvalue weighted by atomic mass is 10.1. The molecule has 0 aliphatic heterocycles. The average molecular weight is 293 g/mol. The number of aromatic nitrogens is 1. The van der Waals surface area contributed by atoms with Gasteiger partial charge in [0.25, 0.3) is 0 Å². The average Bonchev–Trinajstić information content (AvgIpc) is 2.81. The van der Waals surface area contributed by atoms with Crippen molar-refractivity contribution in [3.63, 3.8) is 0 Å². The van der Waals surface area contributed by atoms with Crippen molar-refractivity contribution in [3.05, 3.63) is 51.2 Å². The first-order valence-electron chi connectivity index (χ1n) is 6.18. The Kier molecular flexibility index (Phi) is 4.81. The van der Waals surface area contributed by atoms with Crippen LogP contribution >= 0.6 is 11.3 Å². The maximum atomic E-state index is 14.0. The molecule has 2 rings (SSSR count). The standard InChI is InChI=1S/C14H16FN3OS/c1-9-12(20-8-18-9)5-6-19-7-10-3-2-4-11(13(10)15)14(16)17/h2-4,8H,5-7H2,1H3,(H3,16,17). The van der Waals surface area contributed by atoms with Gasteiger partial charge < -0.3 is 10.5 Å². The smallest absolute Gasteiger partial charge is 0.139 e. The number of nitrogens with one attached hydrogen (secondary N) is 1. The van der Waals surface area contributed by atoms with Gasteiger partial charge in [-0.15, -0.1) is 11.3 Å². The van der Waals surface area contributed by atoms with E-state index >= 15 is 0 Å². The number of nitrogen functional groups attached to an aromatic ring is 1. The summed E-state index contributed by atoms with van der Waals surface area (Å²) in [4.78, 5) is 5.35. The molecular formula is C14H16FN3OS. The number of nitrogens with zero attached hydrogens (tertiary/aromatic N) is 1. The van der Waals surface area contributed by atoms with Gasteiger partial charge >= 0.3 is 0 Å². The van der Waals surface area contributed by atoms with Gasteiger partial charge in [0.2, 0.25) is 0 Å². The highest BCUT2D eigenvalue weighted by Crippen LogP contribution is 2.15. The van der Waals surface area contributed by atoms with Crippen LogP contribution in [0.5, 0.6) is 0 Å². The van der Waals surface area contributed by atoms with Crippen LogP contribution in [0.2, 0.25) is 0 Å². The van der Waals surface area contributed by atoms with Crippen molar-refractivity contribution in [2.24, 2.45) is 5.73 Å². The molecule has 1 heterocycles. The van der Waals surface area contributed by atoms with Crippen LogP contribution in [0, 0.1) is 18.2 Å². The van der Waals surface area contributed by atoms with Crippen LogP contribution in [0.4, 0.5) is 4.39 Å². The van der Waals surface area contributed by atoms with Crippen LogP contribution in [0.25, 0.3) is 0 Å². The van der Waals surface area contributed by atoms with Gasteiger partial charge in [0, 0.05) is 16.9 Å². The first-order valence-corrected chi connectivity index (χ1v) is 7.06. The van der Waals surface area contributed by atoms with Crippen molar-refractivity contribution < 1.29 is 9.13 Å². The molecule has 6 heteroatoms. The number of aryl methyl sites for hydroxylation is 1. The Morgan fingerprint density at radius 1 is 1.50 bits per heavy atom. The van der Waals surface area contributed by atoms with Crippen LogP contribution in [0.15, 0.2) is 23.7 Å². The normalized spacial score (nSPS) is 10.7. The number of ether oxygens (including phenoxy) is 1. The predicted octanol–water partition coefficient (Wildman–Crippen LogP) is 2.63. The molecule has 0 bridgehead atoms. The van der Waals surface area contributed by atoms with Crippen molar-refractivity contribution in [1.29, 1.82) is 5.41 Å². The highest BCUT2D eigenvalue weighted by atomic mass is 32.1. The molecule has 0 aliphatic rings. The Balaban J connectivity index is 1.90. The SMILES string of the molecule is Cc1ncsc1CCOCc1cccc(C(=N)N)c1F. The predicted molar refractivity (Wildman–Crippen MR) is 77.6 cm³/mol. The van der Waals surface area contributed by atoms with Gasteiger partial charge in [0.05, 0.1) is 30.0 Å². The summed E-state index contributed by atoms with van der Waals surface area (Å²) in [6, 6.07) is 4.80. The lowest BCUT2D eigenvalue weighted by Crippen LogP contribution is -2.14. The summed E-state index contributed by atoms with van der Waals surface area (Å²) < 4.78 is 19.5. The number of halogens is 1. The van der Waals surface area contributed by atoms with Crippen molar-refractivity contribution in [2.75, 3.05) is 6.61 Å². The highest BCUT2D eigenvalue weighted by Gasteiger charge is 2.10. The number of hydrogen-bond donors (Lipinski definition) is 2. The lowest BCUT2D eigenvalue weighted by molar-refractivity contribution is 0.121. The van der Waals surface area contributed by atoms with E-state index < -0.39 is 5.82 Å². The zero-order chi connectivity index (χ0) is 14.5. The van der Waals surface area contributed by atoms with Crippen molar-refractivity contribution in [1.82, 2.24) is 4.98 Å². The van der Waals surface area contributed by atoms with Crippen molar-refractivity contribution >= 4 is 17.2 Å². The Bertz CT molecular complexity index is 612. The van der Waals surface area contributed by atoms with Gasteiger partial charge in [-0.3, -0.25) is 5.41 Å². The molecule has 0 fully saturated rings. The van der Waals surface area contributed by atoms with E-state index in [0.29, 0.717) is 12.2 Å². The molecule has 1 aromatic heterocycles. The Morgan fingerprint density at radius 2 is 2.30 bits per heavy atom. The van der Waals surface area contributed by atoms with Crippen molar-refractivity contribution in [3.8, 4) is 0 Å². The van der Waals surface area contributed by atoms with E-state index in [0.717, 1.165) is 12.1 Å². The molecule has 106 valence electrons. The summed E-state index contributed by atoms with van der Waals surface area (Å²) in [5, 5.41) is 7.30. The van der Waals surface area contributed by atoms with Gasteiger partial charge in [-0.2, -0.15) is 0 Å². The minimum atomic E-state index is -0.478. The molecule has 2 aromatic rings. The quantitative estimate of drug-likeness (QED) is 0.488.